The molecule has 0 aliphatic heterocycles. The minimum absolute atomic E-state index is 0.0408. The lowest BCUT2D eigenvalue weighted by molar-refractivity contribution is -0.115. The fraction of sp³-hybridized carbons (Fsp3) is 0.174. The molecule has 0 aromatic heterocycles. The van der Waals surface area contributed by atoms with Gasteiger partial charge >= 0.3 is 0 Å². The van der Waals surface area contributed by atoms with Crippen molar-refractivity contribution in [3.63, 3.8) is 0 Å². The number of ether oxygens (including phenoxy) is 3. The summed E-state index contributed by atoms with van der Waals surface area (Å²) >= 11 is 0. The molecule has 2 N–H and O–H groups in total. The van der Waals surface area contributed by atoms with Crippen LogP contribution < -0.4 is 24.2 Å². The molecule has 0 aliphatic carbocycles. The van der Waals surface area contributed by atoms with Crippen molar-refractivity contribution in [2.45, 2.75) is 11.3 Å². The Bertz CT molecular complexity index is 1210. The second-order valence-corrected chi connectivity index (χ2v) is 8.43. The summed E-state index contributed by atoms with van der Waals surface area (Å²) in [5.74, 6) is 1.03. The average molecular weight is 457 g/mol. The summed E-state index contributed by atoms with van der Waals surface area (Å²) in [4.78, 5) is 12.6. The lowest BCUT2D eigenvalue weighted by Gasteiger charge is -2.15. The van der Waals surface area contributed by atoms with Gasteiger partial charge in [-0.2, -0.15) is 0 Å². The molecule has 3 aromatic rings. The SMILES string of the molecule is COc1cccc(CC(=O)Nc2cc(S(=O)(=O)Nc3ccccc3OC)ccc2OC)c1. The third-order valence-corrected chi connectivity index (χ3v) is 5.97. The van der Waals surface area contributed by atoms with Crippen LogP contribution in [0.25, 0.3) is 0 Å². The summed E-state index contributed by atoms with van der Waals surface area (Å²) in [7, 11) is 0.494. The number of anilines is 2. The summed E-state index contributed by atoms with van der Waals surface area (Å²) in [6.07, 6.45) is 0.0802. The van der Waals surface area contributed by atoms with E-state index in [2.05, 4.69) is 10.0 Å². The molecule has 0 saturated carbocycles. The number of para-hydroxylation sites is 2. The van der Waals surface area contributed by atoms with E-state index in [0.29, 0.717) is 22.9 Å². The maximum absolute atomic E-state index is 12.9. The van der Waals surface area contributed by atoms with Crippen LogP contribution in [0.5, 0.6) is 17.2 Å². The number of benzene rings is 3. The highest BCUT2D eigenvalue weighted by Gasteiger charge is 2.19. The Morgan fingerprint density at radius 2 is 1.53 bits per heavy atom. The van der Waals surface area contributed by atoms with Crippen LogP contribution >= 0.6 is 0 Å². The minimum atomic E-state index is -3.95. The molecule has 1 amide bonds. The molecule has 0 atom stereocenters. The molecule has 0 spiro atoms. The predicted octanol–water partition coefficient (Wildman–Crippen LogP) is 3.69. The monoisotopic (exact) mass is 456 g/mol. The van der Waals surface area contributed by atoms with Gasteiger partial charge in [-0.15, -0.1) is 0 Å². The van der Waals surface area contributed by atoms with Gasteiger partial charge in [-0.3, -0.25) is 9.52 Å². The van der Waals surface area contributed by atoms with Crippen LogP contribution in [0.3, 0.4) is 0 Å². The lowest BCUT2D eigenvalue weighted by Crippen LogP contribution is -2.17. The number of amides is 1. The lowest BCUT2D eigenvalue weighted by atomic mass is 10.1. The second kappa shape index (κ2) is 10.1. The van der Waals surface area contributed by atoms with Crippen molar-refractivity contribution in [2.24, 2.45) is 0 Å². The van der Waals surface area contributed by atoms with Crippen molar-refractivity contribution in [1.29, 1.82) is 0 Å². The van der Waals surface area contributed by atoms with Crippen LogP contribution in [-0.4, -0.2) is 35.7 Å². The fourth-order valence-electron chi connectivity index (χ4n) is 3.05. The van der Waals surface area contributed by atoms with Gasteiger partial charge in [0.1, 0.15) is 17.2 Å². The largest absolute Gasteiger partial charge is 0.497 e. The number of hydrogen-bond donors (Lipinski definition) is 2. The van der Waals surface area contributed by atoms with Gasteiger partial charge in [-0.1, -0.05) is 24.3 Å². The molecule has 0 saturated heterocycles. The van der Waals surface area contributed by atoms with E-state index in [9.17, 15) is 13.2 Å². The van der Waals surface area contributed by atoms with Crippen LogP contribution in [-0.2, 0) is 21.2 Å². The quantitative estimate of drug-likeness (QED) is 0.509. The van der Waals surface area contributed by atoms with E-state index in [-0.39, 0.29) is 22.9 Å². The first kappa shape index (κ1) is 23.0. The highest BCUT2D eigenvalue weighted by molar-refractivity contribution is 7.92. The van der Waals surface area contributed by atoms with Crippen LogP contribution in [0.2, 0.25) is 0 Å². The normalized spacial score (nSPS) is 10.8. The summed E-state index contributed by atoms with van der Waals surface area (Å²) in [5.41, 5.74) is 1.29. The Labute approximate surface area is 187 Å². The summed E-state index contributed by atoms with van der Waals surface area (Å²) < 4.78 is 44.0. The number of hydrogen-bond acceptors (Lipinski definition) is 6. The molecular weight excluding hydrogens is 432 g/mol. The van der Waals surface area contributed by atoms with Crippen molar-refractivity contribution in [3.05, 3.63) is 72.3 Å². The fourth-order valence-corrected chi connectivity index (χ4v) is 4.14. The molecule has 0 aliphatic rings. The van der Waals surface area contributed by atoms with Gasteiger partial charge in [0.15, 0.2) is 0 Å². The number of carbonyl (C=O) groups excluding carboxylic acids is 1. The smallest absolute Gasteiger partial charge is 0.262 e. The number of rotatable bonds is 9. The van der Waals surface area contributed by atoms with E-state index >= 15 is 0 Å². The highest BCUT2D eigenvalue weighted by Crippen LogP contribution is 2.30. The molecule has 3 rings (SSSR count). The van der Waals surface area contributed by atoms with Crippen molar-refractivity contribution in [2.75, 3.05) is 31.4 Å². The molecule has 0 heterocycles. The third kappa shape index (κ3) is 5.50. The summed E-state index contributed by atoms with van der Waals surface area (Å²) in [6.45, 7) is 0. The molecule has 0 radical (unpaired) electrons. The highest BCUT2D eigenvalue weighted by atomic mass is 32.2. The van der Waals surface area contributed by atoms with Gasteiger partial charge in [0.05, 0.1) is 44.0 Å². The number of sulfonamides is 1. The molecule has 168 valence electrons. The number of carbonyl (C=O) groups is 1. The van der Waals surface area contributed by atoms with Crippen LogP contribution in [0.1, 0.15) is 5.56 Å². The van der Waals surface area contributed by atoms with Gasteiger partial charge in [-0.05, 0) is 48.0 Å². The Kier molecular flexibility index (Phi) is 7.21. The molecule has 0 bridgehead atoms. The first-order valence-corrected chi connectivity index (χ1v) is 11.1. The summed E-state index contributed by atoms with van der Waals surface area (Å²) in [6, 6.07) is 18.0. The van der Waals surface area contributed by atoms with Gasteiger partial charge in [0.2, 0.25) is 5.91 Å². The number of nitrogens with one attached hydrogen (secondary N) is 2. The van der Waals surface area contributed by atoms with E-state index < -0.39 is 10.0 Å². The molecule has 0 unspecified atom stereocenters. The third-order valence-electron chi connectivity index (χ3n) is 4.61. The van der Waals surface area contributed by atoms with Crippen molar-refractivity contribution >= 4 is 27.3 Å². The first-order valence-electron chi connectivity index (χ1n) is 9.63. The van der Waals surface area contributed by atoms with Crippen molar-refractivity contribution in [3.8, 4) is 17.2 Å². The zero-order valence-electron chi connectivity index (χ0n) is 17.9. The van der Waals surface area contributed by atoms with E-state index in [1.54, 1.807) is 55.6 Å². The average Bonchev–Trinajstić information content (AvgIpc) is 2.79. The van der Waals surface area contributed by atoms with E-state index in [1.807, 2.05) is 0 Å². The standard InChI is InChI=1S/C23H24N2O6S/c1-29-17-8-6-7-16(13-17)14-23(26)24-20-15-18(11-12-22(20)31-3)32(27,28)25-19-9-4-5-10-21(19)30-2/h4-13,15,25H,14H2,1-3H3,(H,24,26). The van der Waals surface area contributed by atoms with Crippen molar-refractivity contribution < 1.29 is 27.4 Å². The van der Waals surface area contributed by atoms with E-state index in [4.69, 9.17) is 14.2 Å². The van der Waals surface area contributed by atoms with Gasteiger partial charge < -0.3 is 19.5 Å². The maximum Gasteiger partial charge on any atom is 0.262 e. The Morgan fingerprint density at radius 1 is 0.812 bits per heavy atom. The zero-order valence-corrected chi connectivity index (χ0v) is 18.7. The molecule has 3 aromatic carbocycles. The second-order valence-electron chi connectivity index (χ2n) is 6.74. The Morgan fingerprint density at radius 3 is 2.25 bits per heavy atom. The number of methoxy groups -OCH3 is 3. The van der Waals surface area contributed by atoms with Crippen molar-refractivity contribution in [1.82, 2.24) is 0 Å². The topological polar surface area (TPSA) is 103 Å². The molecule has 0 fully saturated rings. The Balaban J connectivity index is 1.83. The van der Waals surface area contributed by atoms with Crippen LogP contribution in [0, 0.1) is 0 Å². The van der Waals surface area contributed by atoms with Gasteiger partial charge in [0.25, 0.3) is 10.0 Å². The molecule has 8 nitrogen and oxygen atoms in total. The molecular formula is C23H24N2O6S. The van der Waals surface area contributed by atoms with Gasteiger partial charge in [0, 0.05) is 0 Å². The maximum atomic E-state index is 12.9. The summed E-state index contributed by atoms with van der Waals surface area (Å²) in [5, 5.41) is 2.72. The molecule has 9 heteroatoms. The minimum Gasteiger partial charge on any atom is -0.497 e. The van der Waals surface area contributed by atoms with Crippen LogP contribution in [0.15, 0.2) is 71.6 Å². The van der Waals surface area contributed by atoms with Gasteiger partial charge in [-0.25, -0.2) is 8.42 Å². The van der Waals surface area contributed by atoms with Crippen LogP contribution in [0.4, 0.5) is 11.4 Å². The molecule has 32 heavy (non-hydrogen) atoms. The zero-order chi connectivity index (χ0) is 23.1. The first-order chi connectivity index (χ1) is 15.4. The predicted molar refractivity (Wildman–Crippen MR) is 122 cm³/mol. The Hall–Kier alpha value is -3.72. The van der Waals surface area contributed by atoms with E-state index in [0.717, 1.165) is 5.56 Å². The van der Waals surface area contributed by atoms with E-state index in [1.165, 1.54) is 32.4 Å².